The van der Waals surface area contributed by atoms with Gasteiger partial charge in [0.05, 0.1) is 6.54 Å². The van der Waals surface area contributed by atoms with Crippen molar-refractivity contribution < 1.29 is 4.52 Å². The van der Waals surface area contributed by atoms with Gasteiger partial charge in [-0.3, -0.25) is 4.90 Å². The highest BCUT2D eigenvalue weighted by Gasteiger charge is 2.23. The fraction of sp³-hybridized carbons (Fsp3) is 0.467. The Balaban J connectivity index is 0.00000176. The number of hydrogen-bond donors (Lipinski definition) is 1. The van der Waals surface area contributed by atoms with Crippen LogP contribution < -0.4 is 5.32 Å². The molecule has 2 aromatic rings. The Kier molecular flexibility index (Phi) is 6.20. The predicted molar refractivity (Wildman–Crippen MR) is 89.3 cm³/mol. The minimum atomic E-state index is 0. The van der Waals surface area contributed by atoms with E-state index >= 15 is 0 Å². The Hall–Kier alpha value is -1.14. The lowest BCUT2D eigenvalue weighted by atomic mass is 10.1. The van der Waals surface area contributed by atoms with E-state index in [0.717, 1.165) is 25.2 Å². The van der Waals surface area contributed by atoms with Crippen molar-refractivity contribution >= 4 is 24.0 Å². The Morgan fingerprint density at radius 1 is 1.45 bits per heavy atom. The third-order valence-corrected chi connectivity index (χ3v) is 4.01. The quantitative estimate of drug-likeness (QED) is 0.905. The number of nitrogens with zero attached hydrogens (tertiary/aromatic N) is 3. The van der Waals surface area contributed by atoms with Crippen molar-refractivity contribution in [1.82, 2.24) is 20.4 Å². The number of halogens is 2. The molecule has 1 unspecified atom stereocenters. The van der Waals surface area contributed by atoms with Gasteiger partial charge >= 0.3 is 0 Å². The summed E-state index contributed by atoms with van der Waals surface area (Å²) < 4.78 is 5.35. The Morgan fingerprint density at radius 2 is 2.32 bits per heavy atom. The number of hydrogen-bond acceptors (Lipinski definition) is 5. The highest BCUT2D eigenvalue weighted by molar-refractivity contribution is 6.30. The average Bonchev–Trinajstić information content (AvgIpc) is 3.10. The number of nitrogens with one attached hydrogen (secondary N) is 1. The van der Waals surface area contributed by atoms with Crippen molar-refractivity contribution in [3.63, 3.8) is 0 Å². The van der Waals surface area contributed by atoms with Gasteiger partial charge in [0.25, 0.3) is 0 Å². The normalized spacial score (nSPS) is 18.4. The summed E-state index contributed by atoms with van der Waals surface area (Å²) >= 11 is 5.98. The zero-order valence-corrected chi connectivity index (χ0v) is 14.0. The van der Waals surface area contributed by atoms with E-state index in [1.54, 1.807) is 0 Å². The smallest absolute Gasteiger partial charge is 0.241 e. The third kappa shape index (κ3) is 4.20. The molecule has 0 radical (unpaired) electrons. The molecule has 0 saturated carbocycles. The summed E-state index contributed by atoms with van der Waals surface area (Å²) in [5, 5.41) is 7.95. The van der Waals surface area contributed by atoms with Gasteiger partial charge in [-0.2, -0.15) is 4.98 Å². The van der Waals surface area contributed by atoms with Crippen LogP contribution in [0.3, 0.4) is 0 Å². The summed E-state index contributed by atoms with van der Waals surface area (Å²) in [6.07, 6.45) is 1.22. The van der Waals surface area contributed by atoms with Gasteiger partial charge in [-0.15, -0.1) is 12.4 Å². The first kappa shape index (κ1) is 17.2. The molecule has 2 heterocycles. The molecule has 1 saturated heterocycles. The van der Waals surface area contributed by atoms with Crippen molar-refractivity contribution in [3.8, 4) is 11.4 Å². The second kappa shape index (κ2) is 7.92. The molecule has 1 fully saturated rings. The maximum Gasteiger partial charge on any atom is 0.241 e. The summed E-state index contributed by atoms with van der Waals surface area (Å²) in [6.45, 7) is 3.94. The van der Waals surface area contributed by atoms with Gasteiger partial charge in [0, 0.05) is 17.1 Å². The average molecular weight is 343 g/mol. The van der Waals surface area contributed by atoms with Crippen LogP contribution in [0.25, 0.3) is 11.4 Å². The van der Waals surface area contributed by atoms with E-state index in [0.29, 0.717) is 29.2 Å². The topological polar surface area (TPSA) is 54.2 Å². The second-order valence-electron chi connectivity index (χ2n) is 5.47. The Bertz CT molecular complexity index is 605. The van der Waals surface area contributed by atoms with Crippen molar-refractivity contribution in [2.24, 2.45) is 5.92 Å². The predicted octanol–water partition coefficient (Wildman–Crippen LogP) is 2.85. The van der Waals surface area contributed by atoms with Crippen LogP contribution in [-0.2, 0) is 6.54 Å². The van der Waals surface area contributed by atoms with Gasteiger partial charge in [0.1, 0.15) is 0 Å². The standard InChI is InChI=1S/C15H19ClN4O.ClH/c1-17-8-11-5-6-20(9-11)10-14-18-15(19-21-14)12-3-2-4-13(16)7-12;/h2-4,7,11,17H,5-6,8-10H2,1H3;1H. The maximum absolute atomic E-state index is 5.98. The lowest BCUT2D eigenvalue weighted by molar-refractivity contribution is 0.260. The molecule has 120 valence electrons. The Labute approximate surface area is 141 Å². The van der Waals surface area contributed by atoms with Crippen molar-refractivity contribution in [1.29, 1.82) is 0 Å². The first-order valence-electron chi connectivity index (χ1n) is 7.20. The van der Waals surface area contributed by atoms with Gasteiger partial charge in [-0.1, -0.05) is 28.9 Å². The van der Waals surface area contributed by atoms with E-state index in [4.69, 9.17) is 16.1 Å². The van der Waals surface area contributed by atoms with Crippen LogP contribution in [0.15, 0.2) is 28.8 Å². The second-order valence-corrected chi connectivity index (χ2v) is 5.91. The molecule has 0 spiro atoms. The summed E-state index contributed by atoms with van der Waals surface area (Å²) in [5.41, 5.74) is 0.881. The van der Waals surface area contributed by atoms with E-state index in [2.05, 4.69) is 20.4 Å². The molecule has 22 heavy (non-hydrogen) atoms. The molecule has 1 aromatic heterocycles. The van der Waals surface area contributed by atoms with Gasteiger partial charge in [0.15, 0.2) is 0 Å². The van der Waals surface area contributed by atoms with Crippen LogP contribution in [0.2, 0.25) is 5.02 Å². The van der Waals surface area contributed by atoms with Crippen molar-refractivity contribution in [2.45, 2.75) is 13.0 Å². The fourth-order valence-corrected chi connectivity index (χ4v) is 2.96. The SMILES string of the molecule is CNCC1CCN(Cc2nc(-c3cccc(Cl)c3)no2)C1.Cl. The Morgan fingerprint density at radius 3 is 3.09 bits per heavy atom. The molecule has 0 amide bonds. The minimum Gasteiger partial charge on any atom is -0.338 e. The van der Waals surface area contributed by atoms with Crippen LogP contribution in [0.5, 0.6) is 0 Å². The monoisotopic (exact) mass is 342 g/mol. The zero-order chi connectivity index (χ0) is 14.7. The number of rotatable bonds is 5. The van der Waals surface area contributed by atoms with Crippen LogP contribution in [0.1, 0.15) is 12.3 Å². The molecule has 1 aliphatic heterocycles. The van der Waals surface area contributed by atoms with E-state index in [1.807, 2.05) is 31.3 Å². The molecule has 1 aliphatic rings. The molecule has 7 heteroatoms. The summed E-state index contributed by atoms with van der Waals surface area (Å²) in [7, 11) is 2.00. The number of aromatic nitrogens is 2. The molecule has 1 atom stereocenters. The van der Waals surface area contributed by atoms with Gasteiger partial charge in [0.2, 0.25) is 11.7 Å². The fourth-order valence-electron chi connectivity index (χ4n) is 2.77. The molecular weight excluding hydrogens is 323 g/mol. The highest BCUT2D eigenvalue weighted by atomic mass is 35.5. The van der Waals surface area contributed by atoms with Gasteiger partial charge < -0.3 is 9.84 Å². The van der Waals surface area contributed by atoms with Crippen molar-refractivity contribution in [2.75, 3.05) is 26.7 Å². The highest BCUT2D eigenvalue weighted by Crippen LogP contribution is 2.21. The van der Waals surface area contributed by atoms with E-state index in [9.17, 15) is 0 Å². The number of likely N-dealkylation sites (tertiary alicyclic amines) is 1. The van der Waals surface area contributed by atoms with Crippen LogP contribution in [0, 0.1) is 5.92 Å². The summed E-state index contributed by atoms with van der Waals surface area (Å²) in [4.78, 5) is 6.82. The van der Waals surface area contributed by atoms with Crippen molar-refractivity contribution in [3.05, 3.63) is 35.2 Å². The summed E-state index contributed by atoms with van der Waals surface area (Å²) in [5.74, 6) is 1.97. The zero-order valence-electron chi connectivity index (χ0n) is 12.5. The van der Waals surface area contributed by atoms with Crippen LogP contribution in [-0.4, -0.2) is 41.7 Å². The van der Waals surface area contributed by atoms with Crippen LogP contribution >= 0.6 is 24.0 Å². The van der Waals surface area contributed by atoms with E-state index < -0.39 is 0 Å². The van der Waals surface area contributed by atoms with Gasteiger partial charge in [-0.05, 0) is 44.6 Å². The molecule has 3 rings (SSSR count). The first-order valence-corrected chi connectivity index (χ1v) is 7.58. The summed E-state index contributed by atoms with van der Waals surface area (Å²) in [6, 6.07) is 7.49. The van der Waals surface area contributed by atoms with Crippen LogP contribution in [0.4, 0.5) is 0 Å². The molecule has 0 aliphatic carbocycles. The maximum atomic E-state index is 5.98. The third-order valence-electron chi connectivity index (χ3n) is 3.77. The number of benzene rings is 1. The lowest BCUT2D eigenvalue weighted by Gasteiger charge is -2.12. The van der Waals surface area contributed by atoms with E-state index in [1.165, 1.54) is 6.42 Å². The largest absolute Gasteiger partial charge is 0.338 e. The molecule has 1 N–H and O–H groups in total. The first-order chi connectivity index (χ1) is 10.2. The minimum absolute atomic E-state index is 0. The molecule has 5 nitrogen and oxygen atoms in total. The molecule has 1 aromatic carbocycles. The van der Waals surface area contributed by atoms with Gasteiger partial charge in [-0.25, -0.2) is 0 Å². The lowest BCUT2D eigenvalue weighted by Crippen LogP contribution is -2.24. The molecular formula is C15H20Cl2N4O. The molecule has 0 bridgehead atoms. The van der Waals surface area contributed by atoms with E-state index in [-0.39, 0.29) is 12.4 Å².